The second-order valence-electron chi connectivity index (χ2n) is 6.82. The molecule has 8 heteroatoms. The number of hydrogen-bond acceptors (Lipinski definition) is 5. The number of rotatable bonds is 6. The predicted octanol–water partition coefficient (Wildman–Crippen LogP) is 4.07. The number of halogens is 1. The van der Waals surface area contributed by atoms with Crippen LogP contribution in [-0.2, 0) is 26.0 Å². The van der Waals surface area contributed by atoms with Crippen LogP contribution in [0.4, 0.5) is 4.39 Å². The molecule has 1 N–H and O–H groups in total. The Kier molecular flexibility index (Phi) is 6.21. The fraction of sp³-hybridized carbons (Fsp3) is 0.227. The fourth-order valence-corrected chi connectivity index (χ4v) is 4.46. The summed E-state index contributed by atoms with van der Waals surface area (Å²) in [4.78, 5) is 11.8. The van der Waals surface area contributed by atoms with Crippen LogP contribution in [0.15, 0.2) is 53.4 Å². The maximum atomic E-state index is 14.0. The lowest BCUT2D eigenvalue weighted by molar-refractivity contribution is -0.139. The van der Waals surface area contributed by atoms with Crippen LogP contribution in [0.1, 0.15) is 18.1 Å². The van der Waals surface area contributed by atoms with E-state index in [0.29, 0.717) is 16.5 Å². The molecule has 3 rings (SSSR count). The van der Waals surface area contributed by atoms with E-state index in [2.05, 4.69) is 0 Å². The third kappa shape index (κ3) is 4.07. The molecule has 0 saturated carbocycles. The molecule has 0 aromatic heterocycles. The number of sulfonamides is 1. The molecule has 3 aromatic rings. The second-order valence-corrected chi connectivity index (χ2v) is 8.66. The van der Waals surface area contributed by atoms with Crippen LogP contribution < -0.4 is 0 Å². The van der Waals surface area contributed by atoms with Gasteiger partial charge in [-0.05, 0) is 71.1 Å². The highest BCUT2D eigenvalue weighted by Gasteiger charge is 2.22. The van der Waals surface area contributed by atoms with E-state index in [-0.39, 0.29) is 22.3 Å². The third-order valence-electron chi connectivity index (χ3n) is 5.02. The van der Waals surface area contributed by atoms with Gasteiger partial charge in [-0.15, -0.1) is 0 Å². The molecule has 3 aromatic carbocycles. The van der Waals surface area contributed by atoms with Crippen LogP contribution in [0.25, 0.3) is 21.9 Å². The average molecular weight is 431 g/mol. The molecule has 0 saturated heterocycles. The predicted molar refractivity (Wildman–Crippen MR) is 111 cm³/mol. The summed E-state index contributed by atoms with van der Waals surface area (Å²) in [6.07, 6.45) is 0.0606. The van der Waals surface area contributed by atoms with Gasteiger partial charge in [0.05, 0.1) is 18.4 Å². The number of nitrogens with zero attached hydrogens (tertiary/aromatic N) is 1. The molecule has 0 fully saturated rings. The summed E-state index contributed by atoms with van der Waals surface area (Å²) in [7, 11) is -2.69. The summed E-state index contributed by atoms with van der Waals surface area (Å²) < 4.78 is 43.7. The van der Waals surface area contributed by atoms with Crippen LogP contribution in [0.5, 0.6) is 0 Å². The quantitative estimate of drug-likeness (QED) is 0.470. The van der Waals surface area contributed by atoms with E-state index in [0.717, 1.165) is 16.5 Å². The number of methoxy groups -OCH3 is 1. The molecule has 0 bridgehead atoms. The molecule has 0 aliphatic rings. The molecular weight excluding hydrogens is 409 g/mol. The summed E-state index contributed by atoms with van der Waals surface area (Å²) in [5.41, 5.74) is 2.87. The molecule has 0 aliphatic heterocycles. The molecular formula is C22H22FNO5S. The first-order chi connectivity index (χ1) is 14.2. The van der Waals surface area contributed by atoms with Crippen LogP contribution >= 0.6 is 0 Å². The first-order valence-electron chi connectivity index (χ1n) is 9.29. The van der Waals surface area contributed by atoms with E-state index < -0.39 is 21.8 Å². The van der Waals surface area contributed by atoms with Crippen molar-refractivity contribution in [2.45, 2.75) is 25.2 Å². The number of hydrogen-bond donors (Lipinski definition) is 1. The number of benzene rings is 3. The fourth-order valence-electron chi connectivity index (χ4n) is 3.40. The number of fused-ring (bicyclic) bond motifs is 1. The molecule has 0 heterocycles. The molecule has 158 valence electrons. The van der Waals surface area contributed by atoms with Crippen molar-refractivity contribution in [2.75, 3.05) is 13.7 Å². The Morgan fingerprint density at radius 3 is 2.40 bits per heavy atom. The zero-order valence-electron chi connectivity index (χ0n) is 16.8. The van der Waals surface area contributed by atoms with Gasteiger partial charge in [0.1, 0.15) is 5.82 Å². The average Bonchev–Trinajstić information content (AvgIpc) is 2.74. The van der Waals surface area contributed by atoms with Crippen LogP contribution in [0, 0.1) is 12.7 Å². The van der Waals surface area contributed by atoms with Crippen LogP contribution in [0.2, 0.25) is 0 Å². The normalized spacial score (nSPS) is 11.8. The highest BCUT2D eigenvalue weighted by atomic mass is 32.2. The summed E-state index contributed by atoms with van der Waals surface area (Å²) in [5, 5.41) is 11.0. The van der Waals surface area contributed by atoms with Crippen molar-refractivity contribution in [2.24, 2.45) is 0 Å². The van der Waals surface area contributed by atoms with Crippen LogP contribution in [0.3, 0.4) is 0 Å². The minimum absolute atomic E-state index is 0.0606. The van der Waals surface area contributed by atoms with Gasteiger partial charge in [-0.3, -0.25) is 10.0 Å². The molecule has 0 amide bonds. The smallest absolute Gasteiger partial charge is 0.309 e. The van der Waals surface area contributed by atoms with Gasteiger partial charge < -0.3 is 4.74 Å². The monoisotopic (exact) mass is 431 g/mol. The number of carbonyl (C=O) groups excluding carboxylic acids is 1. The minimum atomic E-state index is -4.01. The van der Waals surface area contributed by atoms with Gasteiger partial charge >= 0.3 is 5.97 Å². The SMILES string of the molecule is CCN(O)S(=O)(=O)c1ccc(-c2c(C)c(CC(=O)OC)cc3ccc(F)cc23)cc1. The lowest BCUT2D eigenvalue weighted by atomic mass is 9.89. The van der Waals surface area contributed by atoms with E-state index in [1.165, 1.54) is 38.3 Å². The Balaban J connectivity index is 2.20. The Morgan fingerprint density at radius 2 is 1.80 bits per heavy atom. The summed E-state index contributed by atoms with van der Waals surface area (Å²) in [6, 6.07) is 12.2. The molecule has 30 heavy (non-hydrogen) atoms. The molecule has 0 aliphatic carbocycles. The minimum Gasteiger partial charge on any atom is -0.469 e. The Morgan fingerprint density at radius 1 is 1.13 bits per heavy atom. The van der Waals surface area contributed by atoms with Gasteiger partial charge in [0.15, 0.2) is 0 Å². The third-order valence-corrected chi connectivity index (χ3v) is 6.70. The van der Waals surface area contributed by atoms with Gasteiger partial charge in [0.25, 0.3) is 10.0 Å². The molecule has 0 atom stereocenters. The first kappa shape index (κ1) is 21.9. The van der Waals surface area contributed by atoms with Crippen LogP contribution in [-0.4, -0.2) is 37.7 Å². The van der Waals surface area contributed by atoms with E-state index in [1.807, 2.05) is 13.0 Å². The zero-order chi connectivity index (χ0) is 22.1. The second kappa shape index (κ2) is 8.51. The first-order valence-corrected chi connectivity index (χ1v) is 10.7. The maximum absolute atomic E-state index is 14.0. The Labute approximate surface area is 174 Å². The van der Waals surface area contributed by atoms with Crippen molar-refractivity contribution in [3.63, 3.8) is 0 Å². The highest BCUT2D eigenvalue weighted by Crippen LogP contribution is 2.35. The summed E-state index contributed by atoms with van der Waals surface area (Å²) in [6.45, 7) is 3.26. The van der Waals surface area contributed by atoms with E-state index >= 15 is 0 Å². The molecule has 0 spiro atoms. The van der Waals surface area contributed by atoms with Gasteiger partial charge in [-0.1, -0.05) is 28.7 Å². The zero-order valence-corrected chi connectivity index (χ0v) is 17.7. The lowest BCUT2D eigenvalue weighted by Gasteiger charge is -2.17. The van der Waals surface area contributed by atoms with E-state index in [9.17, 15) is 22.8 Å². The van der Waals surface area contributed by atoms with Crippen molar-refractivity contribution >= 4 is 26.8 Å². The van der Waals surface area contributed by atoms with E-state index in [4.69, 9.17) is 4.74 Å². The molecule has 6 nitrogen and oxygen atoms in total. The maximum Gasteiger partial charge on any atom is 0.309 e. The number of carbonyl (C=O) groups is 1. The largest absolute Gasteiger partial charge is 0.469 e. The van der Waals surface area contributed by atoms with Crippen molar-refractivity contribution in [3.8, 4) is 11.1 Å². The lowest BCUT2D eigenvalue weighted by Crippen LogP contribution is -2.27. The number of ether oxygens (including phenoxy) is 1. The summed E-state index contributed by atoms with van der Waals surface area (Å²) in [5.74, 6) is -0.795. The van der Waals surface area contributed by atoms with Gasteiger partial charge in [-0.2, -0.15) is 0 Å². The number of hydroxylamine groups is 1. The molecule has 0 unspecified atom stereocenters. The van der Waals surface area contributed by atoms with Crippen molar-refractivity contribution < 1.29 is 27.5 Å². The van der Waals surface area contributed by atoms with Gasteiger partial charge in [0, 0.05) is 6.54 Å². The topological polar surface area (TPSA) is 83.9 Å². The number of esters is 1. The van der Waals surface area contributed by atoms with Crippen molar-refractivity contribution in [1.29, 1.82) is 0 Å². The highest BCUT2D eigenvalue weighted by molar-refractivity contribution is 7.89. The van der Waals surface area contributed by atoms with Gasteiger partial charge in [0.2, 0.25) is 0 Å². The van der Waals surface area contributed by atoms with Crippen molar-refractivity contribution in [3.05, 3.63) is 65.5 Å². The van der Waals surface area contributed by atoms with Crippen molar-refractivity contribution in [1.82, 2.24) is 4.47 Å². The Bertz CT molecular complexity index is 1210. The van der Waals surface area contributed by atoms with Gasteiger partial charge in [-0.25, -0.2) is 12.8 Å². The molecule has 0 radical (unpaired) electrons. The Hall–Kier alpha value is -2.81. The van der Waals surface area contributed by atoms with E-state index in [1.54, 1.807) is 18.2 Å². The standard InChI is InChI=1S/C22H22FNO5S/c1-4-24(26)30(27,28)19-9-6-15(7-10-19)22-14(2)17(12-21(25)29-3)11-16-5-8-18(23)13-20(16)22/h5-11,13,26H,4,12H2,1-3H3. The summed E-state index contributed by atoms with van der Waals surface area (Å²) >= 11 is 0.